The maximum absolute atomic E-state index is 12.8. The number of aromatic amines is 1. The summed E-state index contributed by atoms with van der Waals surface area (Å²) in [6.07, 6.45) is -0.431. The van der Waals surface area contributed by atoms with Gasteiger partial charge in [-0.2, -0.15) is 0 Å². The SMILES string of the molecule is CCSc1n[n+]2c(c(=O)[nH]1)-c1ccccc1N[C@H]2c1cc(O)ccc1Br. The topological polar surface area (TPSA) is 81.9 Å². The van der Waals surface area contributed by atoms with Crippen LogP contribution in [0.25, 0.3) is 11.3 Å². The third kappa shape index (κ3) is 2.89. The predicted molar refractivity (Wildman–Crippen MR) is 104 cm³/mol. The number of nitrogens with one attached hydrogen (secondary N) is 2. The van der Waals surface area contributed by atoms with Crippen molar-refractivity contribution in [2.75, 3.05) is 11.1 Å². The molecule has 1 aromatic heterocycles. The molecule has 0 radical (unpaired) electrons. The number of thioether (sulfide) groups is 1. The summed E-state index contributed by atoms with van der Waals surface area (Å²) in [6.45, 7) is 2.01. The largest absolute Gasteiger partial charge is 0.508 e. The number of hydrogen-bond donors (Lipinski definition) is 3. The zero-order chi connectivity index (χ0) is 18.3. The van der Waals surface area contributed by atoms with Gasteiger partial charge in [-0.25, -0.2) is 0 Å². The Hall–Kier alpha value is -2.32. The van der Waals surface area contributed by atoms with Gasteiger partial charge >= 0.3 is 11.3 Å². The van der Waals surface area contributed by atoms with E-state index in [0.717, 1.165) is 27.0 Å². The van der Waals surface area contributed by atoms with Crippen LogP contribution < -0.4 is 15.6 Å². The predicted octanol–water partition coefficient (Wildman–Crippen LogP) is 3.28. The summed E-state index contributed by atoms with van der Waals surface area (Å²) in [5, 5.41) is 18.6. The van der Waals surface area contributed by atoms with Gasteiger partial charge in [0.1, 0.15) is 5.75 Å². The van der Waals surface area contributed by atoms with Crippen molar-refractivity contribution in [2.24, 2.45) is 0 Å². The molecule has 6 nitrogen and oxygen atoms in total. The first-order chi connectivity index (χ1) is 12.6. The Labute approximate surface area is 162 Å². The second kappa shape index (κ2) is 6.77. The van der Waals surface area contributed by atoms with Gasteiger partial charge in [0.2, 0.25) is 5.16 Å². The number of phenolic OH excluding ortho intramolecular Hbond substituents is 1. The Balaban J connectivity index is 1.99. The Kier molecular flexibility index (Phi) is 4.46. The molecular formula is C18H16BrN4O2S+. The molecule has 1 aliphatic heterocycles. The van der Waals surface area contributed by atoms with Crippen molar-refractivity contribution in [2.45, 2.75) is 18.2 Å². The number of halogens is 1. The molecule has 1 atom stereocenters. The molecule has 3 aromatic rings. The van der Waals surface area contributed by atoms with Crippen LogP contribution in [0.2, 0.25) is 0 Å². The molecule has 0 saturated heterocycles. The van der Waals surface area contributed by atoms with Gasteiger partial charge in [-0.05, 0) is 40.8 Å². The van der Waals surface area contributed by atoms with Crippen LogP contribution in [0.5, 0.6) is 5.75 Å². The first-order valence-corrected chi connectivity index (χ1v) is 9.89. The zero-order valence-electron chi connectivity index (χ0n) is 13.9. The maximum atomic E-state index is 12.8. The molecular weight excluding hydrogens is 416 g/mol. The zero-order valence-corrected chi connectivity index (χ0v) is 16.3. The minimum Gasteiger partial charge on any atom is -0.508 e. The lowest BCUT2D eigenvalue weighted by Gasteiger charge is -2.23. The number of phenols is 1. The average Bonchev–Trinajstić information content (AvgIpc) is 2.63. The number of hydrogen-bond acceptors (Lipinski definition) is 5. The van der Waals surface area contributed by atoms with Crippen molar-refractivity contribution < 1.29 is 9.79 Å². The van der Waals surface area contributed by atoms with Crippen LogP contribution in [-0.4, -0.2) is 20.9 Å². The number of rotatable bonds is 3. The van der Waals surface area contributed by atoms with E-state index in [1.165, 1.54) is 11.8 Å². The number of benzene rings is 2. The second-order valence-electron chi connectivity index (χ2n) is 5.78. The molecule has 0 fully saturated rings. The molecule has 4 rings (SSSR count). The van der Waals surface area contributed by atoms with Gasteiger partial charge in [0.15, 0.2) is 0 Å². The minimum absolute atomic E-state index is 0.152. The molecule has 0 saturated carbocycles. The second-order valence-corrected chi connectivity index (χ2v) is 7.89. The molecule has 8 heteroatoms. The van der Waals surface area contributed by atoms with E-state index in [1.807, 2.05) is 31.2 Å². The fourth-order valence-electron chi connectivity index (χ4n) is 3.04. The van der Waals surface area contributed by atoms with Crippen molar-refractivity contribution in [3.63, 3.8) is 0 Å². The normalized spacial score (nSPS) is 15.1. The number of aromatic nitrogens is 3. The van der Waals surface area contributed by atoms with Crippen molar-refractivity contribution in [3.05, 3.63) is 62.9 Å². The van der Waals surface area contributed by atoms with E-state index in [2.05, 4.69) is 31.3 Å². The highest BCUT2D eigenvalue weighted by molar-refractivity contribution is 9.10. The quantitative estimate of drug-likeness (QED) is 0.437. The summed E-state index contributed by atoms with van der Waals surface area (Å²) in [4.78, 5) is 15.7. The molecule has 0 unspecified atom stereocenters. The number of nitrogens with zero attached hydrogens (tertiary/aromatic N) is 2. The third-order valence-electron chi connectivity index (χ3n) is 4.14. The first kappa shape index (κ1) is 17.1. The Morgan fingerprint density at radius 1 is 1.31 bits per heavy atom. The van der Waals surface area contributed by atoms with Crippen molar-refractivity contribution in [1.82, 2.24) is 10.1 Å². The smallest absolute Gasteiger partial charge is 0.325 e. The molecule has 0 bridgehead atoms. The molecule has 26 heavy (non-hydrogen) atoms. The number of fused-ring (bicyclic) bond motifs is 3. The van der Waals surface area contributed by atoms with Crippen LogP contribution in [-0.2, 0) is 0 Å². The van der Waals surface area contributed by atoms with E-state index in [-0.39, 0.29) is 11.3 Å². The van der Waals surface area contributed by atoms with Gasteiger partial charge in [0.05, 0.1) is 16.8 Å². The van der Waals surface area contributed by atoms with E-state index in [1.54, 1.807) is 22.9 Å². The summed E-state index contributed by atoms with van der Waals surface area (Å²) in [5.74, 6) is 0.950. The van der Waals surface area contributed by atoms with Crippen LogP contribution in [0.4, 0.5) is 5.69 Å². The standard InChI is InChI=1S/C18H15BrN4O2S/c1-2-26-18-21-17(25)15-11-5-3-4-6-14(11)20-16(23(15)22-18)12-9-10(24)7-8-13(12)19/h3-9,16H,2H2,1H3,(H2,21,22,24,25)/p+1/t16-/m1/s1. The lowest BCUT2D eigenvalue weighted by atomic mass is 10.0. The van der Waals surface area contributed by atoms with Crippen LogP contribution in [0, 0.1) is 0 Å². The summed E-state index contributed by atoms with van der Waals surface area (Å²) in [6, 6.07) is 12.7. The van der Waals surface area contributed by atoms with Crippen molar-refractivity contribution in [1.29, 1.82) is 0 Å². The number of H-pyrrole nitrogens is 1. The molecule has 132 valence electrons. The highest BCUT2D eigenvalue weighted by atomic mass is 79.9. The number of aromatic hydroxyl groups is 1. The third-order valence-corrected chi connectivity index (χ3v) is 5.61. The highest BCUT2D eigenvalue weighted by Gasteiger charge is 2.38. The Morgan fingerprint density at radius 3 is 2.92 bits per heavy atom. The van der Waals surface area contributed by atoms with Gasteiger partial charge in [-0.15, -0.1) is 0 Å². The van der Waals surface area contributed by atoms with Gasteiger partial charge < -0.3 is 10.4 Å². The van der Waals surface area contributed by atoms with Crippen LogP contribution in [0.1, 0.15) is 18.7 Å². The Bertz CT molecular complexity index is 1050. The summed E-state index contributed by atoms with van der Waals surface area (Å²) in [7, 11) is 0. The Morgan fingerprint density at radius 2 is 2.12 bits per heavy atom. The number of anilines is 1. The summed E-state index contributed by atoms with van der Waals surface area (Å²) >= 11 is 5.01. The molecule has 0 spiro atoms. The number of para-hydroxylation sites is 1. The first-order valence-electron chi connectivity index (χ1n) is 8.11. The molecule has 3 N–H and O–H groups in total. The van der Waals surface area contributed by atoms with Crippen LogP contribution >= 0.6 is 27.7 Å². The van der Waals surface area contributed by atoms with Gasteiger partial charge in [-0.1, -0.05) is 46.7 Å². The molecule has 1 aliphatic rings. The summed E-state index contributed by atoms with van der Waals surface area (Å²) < 4.78 is 2.51. The van der Waals surface area contributed by atoms with E-state index in [4.69, 9.17) is 0 Å². The van der Waals surface area contributed by atoms with E-state index < -0.39 is 6.17 Å². The van der Waals surface area contributed by atoms with Gasteiger partial charge in [0, 0.05) is 9.57 Å². The van der Waals surface area contributed by atoms with E-state index in [0.29, 0.717) is 10.9 Å². The monoisotopic (exact) mass is 431 g/mol. The van der Waals surface area contributed by atoms with Gasteiger partial charge in [0.25, 0.3) is 6.17 Å². The van der Waals surface area contributed by atoms with Crippen LogP contribution in [0.15, 0.2) is 56.9 Å². The van der Waals surface area contributed by atoms with Crippen molar-refractivity contribution in [3.8, 4) is 17.0 Å². The average molecular weight is 432 g/mol. The van der Waals surface area contributed by atoms with E-state index in [9.17, 15) is 9.90 Å². The summed E-state index contributed by atoms with van der Waals surface area (Å²) in [5.41, 5.74) is 2.72. The lowest BCUT2D eigenvalue weighted by molar-refractivity contribution is -0.759. The fourth-order valence-corrected chi connectivity index (χ4v) is 4.09. The molecule has 2 aromatic carbocycles. The van der Waals surface area contributed by atoms with Crippen molar-refractivity contribution >= 4 is 33.4 Å². The highest BCUT2D eigenvalue weighted by Crippen LogP contribution is 2.34. The molecule has 0 aliphatic carbocycles. The fraction of sp³-hybridized carbons (Fsp3) is 0.167. The molecule has 0 amide bonds. The lowest BCUT2D eigenvalue weighted by Crippen LogP contribution is -2.55. The van der Waals surface area contributed by atoms with Crippen LogP contribution in [0.3, 0.4) is 0 Å². The molecule has 2 heterocycles. The minimum atomic E-state index is -0.431. The van der Waals surface area contributed by atoms with Gasteiger partial charge in [-0.3, -0.25) is 9.78 Å². The van der Waals surface area contributed by atoms with E-state index >= 15 is 0 Å². The maximum Gasteiger partial charge on any atom is 0.325 e.